The molecule has 2 atom stereocenters. The zero-order chi connectivity index (χ0) is 13.7. The molecule has 5 nitrogen and oxygen atoms in total. The zero-order valence-corrected chi connectivity index (χ0v) is 11.9. The molecule has 1 N–H and O–H groups in total. The van der Waals surface area contributed by atoms with Gasteiger partial charge in [-0.25, -0.2) is 0 Å². The lowest BCUT2D eigenvalue weighted by Crippen LogP contribution is -2.52. The normalized spacial score (nSPS) is 31.2. The number of nitrogens with one attached hydrogen (secondary N) is 1. The molecule has 1 aliphatic heterocycles. The van der Waals surface area contributed by atoms with E-state index in [0.29, 0.717) is 26.2 Å². The van der Waals surface area contributed by atoms with Gasteiger partial charge in [0.1, 0.15) is 11.6 Å². The Kier molecular flexibility index (Phi) is 5.19. The lowest BCUT2D eigenvalue weighted by Gasteiger charge is -2.31. The number of carbonyl (C=O) groups is 1. The lowest BCUT2D eigenvalue weighted by molar-refractivity contribution is -0.159. The molecule has 110 valence electrons. The Bertz CT molecular complexity index is 306. The van der Waals surface area contributed by atoms with Gasteiger partial charge in [0, 0.05) is 6.42 Å². The summed E-state index contributed by atoms with van der Waals surface area (Å²) in [6, 6.07) is 0. The Hall–Kier alpha value is -0.650. The van der Waals surface area contributed by atoms with Crippen molar-refractivity contribution >= 4 is 5.97 Å². The van der Waals surface area contributed by atoms with Gasteiger partial charge in [0.25, 0.3) is 0 Å². The van der Waals surface area contributed by atoms with Crippen molar-refractivity contribution in [2.24, 2.45) is 0 Å². The van der Waals surface area contributed by atoms with E-state index < -0.39 is 5.54 Å². The van der Waals surface area contributed by atoms with E-state index in [2.05, 4.69) is 12.2 Å². The van der Waals surface area contributed by atoms with Gasteiger partial charge in [-0.05, 0) is 32.7 Å². The van der Waals surface area contributed by atoms with Crippen LogP contribution in [0.3, 0.4) is 0 Å². The number of carbonyl (C=O) groups excluding carboxylic acids is 1. The molecule has 2 rings (SSSR count). The predicted molar refractivity (Wildman–Crippen MR) is 71.0 cm³/mol. The van der Waals surface area contributed by atoms with Gasteiger partial charge in [-0.2, -0.15) is 0 Å². The van der Waals surface area contributed by atoms with E-state index in [-0.39, 0.29) is 18.2 Å². The first-order chi connectivity index (χ1) is 9.20. The van der Waals surface area contributed by atoms with Crippen molar-refractivity contribution in [2.45, 2.75) is 57.3 Å². The molecule has 0 aromatic heterocycles. The molecule has 2 aliphatic rings. The molecule has 19 heavy (non-hydrogen) atoms. The molecular formula is C14H25NO4. The fourth-order valence-corrected chi connectivity index (χ4v) is 2.73. The Balaban J connectivity index is 1.92. The number of hydrogen-bond donors (Lipinski definition) is 1. The number of hydrogen-bond acceptors (Lipinski definition) is 5. The molecule has 1 saturated carbocycles. The Morgan fingerprint density at radius 1 is 1.37 bits per heavy atom. The minimum atomic E-state index is -0.540. The molecule has 1 heterocycles. The third-order valence-electron chi connectivity index (χ3n) is 3.84. The van der Waals surface area contributed by atoms with E-state index in [1.165, 1.54) is 0 Å². The maximum atomic E-state index is 12.2. The molecule has 0 aromatic carbocycles. The summed E-state index contributed by atoms with van der Waals surface area (Å²) in [5, 5.41) is 3.38. The highest BCUT2D eigenvalue weighted by Crippen LogP contribution is 2.34. The Morgan fingerprint density at radius 3 is 2.74 bits per heavy atom. The summed E-state index contributed by atoms with van der Waals surface area (Å²) >= 11 is 0. The van der Waals surface area contributed by atoms with Gasteiger partial charge in [0.15, 0.2) is 0 Å². The van der Waals surface area contributed by atoms with Crippen molar-refractivity contribution in [2.75, 3.05) is 26.4 Å². The van der Waals surface area contributed by atoms with E-state index in [9.17, 15) is 4.79 Å². The van der Waals surface area contributed by atoms with Gasteiger partial charge in [-0.15, -0.1) is 0 Å². The molecule has 0 radical (unpaired) electrons. The molecule has 1 aliphatic carbocycles. The van der Waals surface area contributed by atoms with Crippen LogP contribution in [0.4, 0.5) is 0 Å². The summed E-state index contributed by atoms with van der Waals surface area (Å²) in [5.74, 6) is -0.126. The summed E-state index contributed by atoms with van der Waals surface area (Å²) in [6.07, 6.45) is 3.78. The average molecular weight is 271 g/mol. The van der Waals surface area contributed by atoms with Crippen LogP contribution >= 0.6 is 0 Å². The smallest absolute Gasteiger partial charge is 0.326 e. The highest BCUT2D eigenvalue weighted by atomic mass is 16.6. The van der Waals surface area contributed by atoms with E-state index >= 15 is 0 Å². The van der Waals surface area contributed by atoms with Crippen LogP contribution in [0.15, 0.2) is 0 Å². The van der Waals surface area contributed by atoms with Crippen molar-refractivity contribution in [3.8, 4) is 0 Å². The lowest BCUT2D eigenvalue weighted by atomic mass is 9.97. The van der Waals surface area contributed by atoms with Gasteiger partial charge < -0.3 is 19.5 Å². The maximum absolute atomic E-state index is 12.2. The first-order valence-electron chi connectivity index (χ1n) is 7.35. The highest BCUT2D eigenvalue weighted by Gasteiger charge is 2.47. The van der Waals surface area contributed by atoms with Crippen molar-refractivity contribution < 1.29 is 19.0 Å². The molecule has 5 heteroatoms. The van der Waals surface area contributed by atoms with Crippen molar-refractivity contribution in [3.05, 3.63) is 0 Å². The molecule has 0 bridgehead atoms. The SMILES string of the molecule is CCCNC1(C(=O)OCC)CCC(OC2COC2)C1. The van der Waals surface area contributed by atoms with Crippen LogP contribution in [0.5, 0.6) is 0 Å². The molecule has 0 aromatic rings. The topological polar surface area (TPSA) is 56.8 Å². The monoisotopic (exact) mass is 271 g/mol. The minimum absolute atomic E-state index is 0.126. The van der Waals surface area contributed by atoms with Crippen LogP contribution in [-0.4, -0.2) is 50.1 Å². The minimum Gasteiger partial charge on any atom is -0.465 e. The van der Waals surface area contributed by atoms with Gasteiger partial charge in [-0.1, -0.05) is 6.92 Å². The summed E-state index contributed by atoms with van der Waals surface area (Å²) in [6.45, 7) is 6.57. The second kappa shape index (κ2) is 6.68. The number of rotatable bonds is 7. The number of esters is 1. The second-order valence-corrected chi connectivity index (χ2v) is 5.39. The van der Waals surface area contributed by atoms with Crippen LogP contribution in [0, 0.1) is 0 Å². The van der Waals surface area contributed by atoms with Crippen LogP contribution in [0.2, 0.25) is 0 Å². The second-order valence-electron chi connectivity index (χ2n) is 5.39. The third-order valence-corrected chi connectivity index (χ3v) is 3.84. The molecule has 1 saturated heterocycles. The molecular weight excluding hydrogens is 246 g/mol. The fourth-order valence-electron chi connectivity index (χ4n) is 2.73. The molecule has 0 spiro atoms. The summed E-state index contributed by atoms with van der Waals surface area (Å²) < 4.78 is 16.3. The van der Waals surface area contributed by atoms with Crippen LogP contribution < -0.4 is 5.32 Å². The molecule has 2 unspecified atom stereocenters. The summed E-state index contributed by atoms with van der Waals surface area (Å²) in [5.41, 5.74) is -0.540. The standard InChI is InChI=1S/C14H25NO4/c1-3-7-15-14(13(16)18-4-2)6-5-11(8-14)19-12-9-17-10-12/h11-12,15H,3-10H2,1-2H3. The number of ether oxygens (including phenoxy) is 3. The van der Waals surface area contributed by atoms with Crippen LogP contribution in [0.25, 0.3) is 0 Å². The largest absolute Gasteiger partial charge is 0.465 e. The molecule has 0 amide bonds. The molecule has 2 fully saturated rings. The van der Waals surface area contributed by atoms with E-state index in [1.807, 2.05) is 6.92 Å². The zero-order valence-electron chi connectivity index (χ0n) is 11.9. The summed E-state index contributed by atoms with van der Waals surface area (Å²) in [7, 11) is 0. The Morgan fingerprint density at radius 2 is 2.16 bits per heavy atom. The van der Waals surface area contributed by atoms with Crippen LogP contribution in [-0.2, 0) is 19.0 Å². The summed E-state index contributed by atoms with van der Waals surface area (Å²) in [4.78, 5) is 12.2. The predicted octanol–water partition coefficient (Wildman–Crippen LogP) is 1.26. The van der Waals surface area contributed by atoms with Gasteiger partial charge in [0.05, 0.1) is 25.9 Å². The maximum Gasteiger partial charge on any atom is 0.326 e. The van der Waals surface area contributed by atoms with Gasteiger partial charge in [0.2, 0.25) is 0 Å². The third kappa shape index (κ3) is 3.46. The van der Waals surface area contributed by atoms with Crippen molar-refractivity contribution in [3.63, 3.8) is 0 Å². The average Bonchev–Trinajstić information content (AvgIpc) is 2.77. The van der Waals surface area contributed by atoms with Gasteiger partial charge in [-0.3, -0.25) is 4.79 Å². The van der Waals surface area contributed by atoms with Crippen LogP contribution in [0.1, 0.15) is 39.5 Å². The quantitative estimate of drug-likeness (QED) is 0.706. The van der Waals surface area contributed by atoms with E-state index in [1.54, 1.807) is 0 Å². The van der Waals surface area contributed by atoms with Crippen molar-refractivity contribution in [1.82, 2.24) is 5.32 Å². The van der Waals surface area contributed by atoms with E-state index in [0.717, 1.165) is 25.8 Å². The van der Waals surface area contributed by atoms with Gasteiger partial charge >= 0.3 is 5.97 Å². The first kappa shape index (κ1) is 14.8. The van der Waals surface area contributed by atoms with Crippen molar-refractivity contribution in [1.29, 1.82) is 0 Å². The first-order valence-corrected chi connectivity index (χ1v) is 7.35. The van der Waals surface area contributed by atoms with E-state index in [4.69, 9.17) is 14.2 Å². The fraction of sp³-hybridized carbons (Fsp3) is 0.929. The highest BCUT2D eigenvalue weighted by molar-refractivity contribution is 5.81. The Labute approximate surface area is 115 Å².